The van der Waals surface area contributed by atoms with Gasteiger partial charge in [0.05, 0.1) is 4.90 Å². The molecule has 0 fully saturated rings. The van der Waals surface area contributed by atoms with Gasteiger partial charge < -0.3 is 9.32 Å². The zero-order valence-corrected chi connectivity index (χ0v) is 14.5. The SMILES string of the molecule is Cc1ccc(C=CC(=O)N2CCCc3cc(S(C)(=O)=O)ccc32)o1. The molecule has 0 N–H and O–H groups in total. The van der Waals surface area contributed by atoms with Crippen LogP contribution in [0.25, 0.3) is 6.08 Å². The highest BCUT2D eigenvalue weighted by atomic mass is 32.2. The number of rotatable bonds is 3. The van der Waals surface area contributed by atoms with E-state index in [0.29, 0.717) is 12.3 Å². The summed E-state index contributed by atoms with van der Waals surface area (Å²) < 4.78 is 28.8. The summed E-state index contributed by atoms with van der Waals surface area (Å²) in [7, 11) is -3.25. The fraction of sp³-hybridized carbons (Fsp3) is 0.278. The lowest BCUT2D eigenvalue weighted by Gasteiger charge is -2.29. The summed E-state index contributed by atoms with van der Waals surface area (Å²) in [6.45, 7) is 2.46. The Hall–Kier alpha value is -2.34. The van der Waals surface area contributed by atoms with Crippen molar-refractivity contribution in [2.24, 2.45) is 0 Å². The van der Waals surface area contributed by atoms with E-state index in [1.165, 1.54) is 12.3 Å². The Morgan fingerprint density at radius 3 is 2.71 bits per heavy atom. The first-order valence-electron chi connectivity index (χ1n) is 7.73. The van der Waals surface area contributed by atoms with E-state index in [4.69, 9.17) is 4.42 Å². The lowest BCUT2D eigenvalue weighted by atomic mass is 10.0. The van der Waals surface area contributed by atoms with Crippen LogP contribution >= 0.6 is 0 Å². The van der Waals surface area contributed by atoms with Crippen LogP contribution in [0.5, 0.6) is 0 Å². The molecule has 126 valence electrons. The number of aryl methyl sites for hydroxylation is 2. The maximum absolute atomic E-state index is 12.5. The number of benzene rings is 1. The van der Waals surface area contributed by atoms with Crippen molar-refractivity contribution in [3.63, 3.8) is 0 Å². The number of hydrogen-bond acceptors (Lipinski definition) is 4. The predicted molar refractivity (Wildman–Crippen MR) is 92.7 cm³/mol. The molecule has 0 spiro atoms. The molecule has 1 amide bonds. The quantitative estimate of drug-likeness (QED) is 0.802. The Morgan fingerprint density at radius 2 is 2.04 bits per heavy atom. The zero-order chi connectivity index (χ0) is 17.3. The largest absolute Gasteiger partial charge is 0.462 e. The predicted octanol–water partition coefficient (Wildman–Crippen LogP) is 2.98. The summed E-state index contributed by atoms with van der Waals surface area (Å²) in [5, 5.41) is 0. The number of amides is 1. The number of anilines is 1. The fourth-order valence-corrected chi connectivity index (χ4v) is 3.49. The second-order valence-corrected chi connectivity index (χ2v) is 7.95. The second kappa shape index (κ2) is 6.28. The van der Waals surface area contributed by atoms with Gasteiger partial charge in [0.2, 0.25) is 0 Å². The molecule has 2 heterocycles. The van der Waals surface area contributed by atoms with Gasteiger partial charge in [0.25, 0.3) is 5.91 Å². The lowest BCUT2D eigenvalue weighted by molar-refractivity contribution is -0.114. The number of fused-ring (bicyclic) bond motifs is 1. The average Bonchev–Trinajstić information content (AvgIpc) is 2.96. The van der Waals surface area contributed by atoms with Crippen LogP contribution in [0.3, 0.4) is 0 Å². The summed E-state index contributed by atoms with van der Waals surface area (Å²) >= 11 is 0. The first kappa shape index (κ1) is 16.5. The van der Waals surface area contributed by atoms with E-state index >= 15 is 0 Å². The van der Waals surface area contributed by atoms with Gasteiger partial charge in [-0.2, -0.15) is 0 Å². The van der Waals surface area contributed by atoms with Crippen LogP contribution in [-0.2, 0) is 21.1 Å². The van der Waals surface area contributed by atoms with Crippen LogP contribution in [-0.4, -0.2) is 27.1 Å². The number of hydrogen-bond donors (Lipinski definition) is 0. The summed E-state index contributed by atoms with van der Waals surface area (Å²) in [6.07, 6.45) is 5.89. The molecule has 0 saturated heterocycles. The Balaban J connectivity index is 1.86. The van der Waals surface area contributed by atoms with Gasteiger partial charge in [-0.05, 0) is 61.7 Å². The van der Waals surface area contributed by atoms with E-state index in [9.17, 15) is 13.2 Å². The molecule has 1 aromatic heterocycles. The maximum atomic E-state index is 12.5. The fourth-order valence-electron chi connectivity index (χ4n) is 2.82. The van der Waals surface area contributed by atoms with Crippen molar-refractivity contribution < 1.29 is 17.6 Å². The summed E-state index contributed by atoms with van der Waals surface area (Å²) in [6, 6.07) is 8.59. The van der Waals surface area contributed by atoms with Crippen molar-refractivity contribution in [2.75, 3.05) is 17.7 Å². The number of nitrogens with zero attached hydrogens (tertiary/aromatic N) is 1. The lowest BCUT2D eigenvalue weighted by Crippen LogP contribution is -2.34. The van der Waals surface area contributed by atoms with Crippen LogP contribution in [0.2, 0.25) is 0 Å². The Kier molecular flexibility index (Phi) is 4.32. The molecule has 0 aliphatic carbocycles. The van der Waals surface area contributed by atoms with E-state index in [1.807, 2.05) is 19.1 Å². The first-order chi connectivity index (χ1) is 11.3. The molecule has 2 aromatic rings. The van der Waals surface area contributed by atoms with Crippen LogP contribution in [0.4, 0.5) is 5.69 Å². The van der Waals surface area contributed by atoms with E-state index in [0.717, 1.165) is 29.9 Å². The molecule has 0 radical (unpaired) electrons. The number of sulfone groups is 1. The molecule has 1 aliphatic heterocycles. The molecule has 0 saturated carbocycles. The van der Waals surface area contributed by atoms with Gasteiger partial charge >= 0.3 is 0 Å². The Morgan fingerprint density at radius 1 is 1.25 bits per heavy atom. The summed E-state index contributed by atoms with van der Waals surface area (Å²) in [5.74, 6) is 1.28. The molecule has 24 heavy (non-hydrogen) atoms. The van der Waals surface area contributed by atoms with Crippen LogP contribution in [0.1, 0.15) is 23.5 Å². The van der Waals surface area contributed by atoms with Gasteiger partial charge in [-0.3, -0.25) is 4.79 Å². The third kappa shape index (κ3) is 3.43. The van der Waals surface area contributed by atoms with E-state index < -0.39 is 9.84 Å². The van der Waals surface area contributed by atoms with Gasteiger partial charge in [-0.1, -0.05) is 0 Å². The molecule has 6 heteroatoms. The topological polar surface area (TPSA) is 67.6 Å². The van der Waals surface area contributed by atoms with Crippen molar-refractivity contribution in [2.45, 2.75) is 24.7 Å². The number of furan rings is 1. The molecule has 0 unspecified atom stereocenters. The Bertz CT molecular complexity index is 909. The van der Waals surface area contributed by atoms with Crippen LogP contribution in [0.15, 0.2) is 45.7 Å². The minimum atomic E-state index is -3.25. The maximum Gasteiger partial charge on any atom is 0.251 e. The van der Waals surface area contributed by atoms with Crippen molar-refractivity contribution in [1.29, 1.82) is 0 Å². The Labute approximate surface area is 141 Å². The minimum absolute atomic E-state index is 0.142. The molecule has 0 bridgehead atoms. The molecular weight excluding hydrogens is 326 g/mol. The van der Waals surface area contributed by atoms with Crippen molar-refractivity contribution >= 4 is 27.5 Å². The summed E-state index contributed by atoms with van der Waals surface area (Å²) in [5.41, 5.74) is 1.67. The highest BCUT2D eigenvalue weighted by molar-refractivity contribution is 7.90. The van der Waals surface area contributed by atoms with E-state index in [-0.39, 0.29) is 10.8 Å². The highest BCUT2D eigenvalue weighted by Gasteiger charge is 2.22. The van der Waals surface area contributed by atoms with Crippen molar-refractivity contribution in [1.82, 2.24) is 0 Å². The second-order valence-electron chi connectivity index (χ2n) is 5.94. The normalized spacial score (nSPS) is 14.8. The third-order valence-electron chi connectivity index (χ3n) is 4.02. The molecule has 3 rings (SSSR count). The van der Waals surface area contributed by atoms with Gasteiger partial charge in [-0.15, -0.1) is 0 Å². The van der Waals surface area contributed by atoms with Gasteiger partial charge in [0.1, 0.15) is 11.5 Å². The van der Waals surface area contributed by atoms with Crippen molar-refractivity contribution in [3.05, 3.63) is 53.5 Å². The monoisotopic (exact) mass is 345 g/mol. The van der Waals surface area contributed by atoms with E-state index in [1.54, 1.807) is 29.2 Å². The van der Waals surface area contributed by atoms with Gasteiger partial charge in [0.15, 0.2) is 9.84 Å². The standard InChI is InChI=1S/C18H19NO4S/c1-13-5-6-15(23-13)7-10-18(20)19-11-3-4-14-12-16(24(2,21)22)8-9-17(14)19/h5-10,12H,3-4,11H2,1-2H3. The van der Waals surface area contributed by atoms with Crippen molar-refractivity contribution in [3.8, 4) is 0 Å². The smallest absolute Gasteiger partial charge is 0.251 e. The highest BCUT2D eigenvalue weighted by Crippen LogP contribution is 2.29. The van der Waals surface area contributed by atoms with Crippen LogP contribution in [0, 0.1) is 6.92 Å². The van der Waals surface area contributed by atoms with Gasteiger partial charge in [0, 0.05) is 24.6 Å². The molecule has 5 nitrogen and oxygen atoms in total. The molecular formula is C18H19NO4S. The first-order valence-corrected chi connectivity index (χ1v) is 9.63. The van der Waals surface area contributed by atoms with E-state index in [2.05, 4.69) is 0 Å². The molecule has 0 atom stereocenters. The molecule has 1 aliphatic rings. The van der Waals surface area contributed by atoms with Crippen LogP contribution < -0.4 is 4.90 Å². The van der Waals surface area contributed by atoms with Gasteiger partial charge in [-0.25, -0.2) is 8.42 Å². The number of carbonyl (C=O) groups excluding carboxylic acids is 1. The number of carbonyl (C=O) groups is 1. The molecule has 1 aromatic carbocycles. The average molecular weight is 345 g/mol. The zero-order valence-electron chi connectivity index (χ0n) is 13.7. The summed E-state index contributed by atoms with van der Waals surface area (Å²) in [4.78, 5) is 14.5. The third-order valence-corrected chi connectivity index (χ3v) is 5.13. The minimum Gasteiger partial charge on any atom is -0.462 e.